The van der Waals surface area contributed by atoms with E-state index in [0.717, 1.165) is 16.6 Å². The number of benzene rings is 1. The first-order chi connectivity index (χ1) is 11.0. The van der Waals surface area contributed by atoms with Crippen LogP contribution in [0.4, 0.5) is 0 Å². The Labute approximate surface area is 140 Å². The predicted octanol–water partition coefficient (Wildman–Crippen LogP) is 3.19. The van der Waals surface area contributed by atoms with Crippen LogP contribution in [0.15, 0.2) is 48.8 Å². The van der Waals surface area contributed by atoms with Crippen LogP contribution in [0.1, 0.15) is 40.8 Å². The fourth-order valence-electron chi connectivity index (χ4n) is 2.42. The molecule has 0 saturated carbocycles. The number of pyridine rings is 1. The van der Waals surface area contributed by atoms with Crippen LogP contribution in [0.25, 0.3) is 10.9 Å². The lowest BCUT2D eigenvalue weighted by Crippen LogP contribution is -2.28. The van der Waals surface area contributed by atoms with E-state index in [0.29, 0.717) is 11.1 Å². The summed E-state index contributed by atoms with van der Waals surface area (Å²) in [7, 11) is 1.85. The molecule has 2 heterocycles. The number of esters is 1. The summed E-state index contributed by atoms with van der Waals surface area (Å²) in [4.78, 5) is 26.6. The van der Waals surface area contributed by atoms with Gasteiger partial charge in [-0.1, -0.05) is 7.43 Å². The van der Waals surface area contributed by atoms with Crippen molar-refractivity contribution in [2.45, 2.75) is 21.0 Å². The molecule has 1 N–H and O–H groups in total. The first-order valence-corrected chi connectivity index (χ1v) is 7.28. The third-order valence-corrected chi connectivity index (χ3v) is 3.62. The summed E-state index contributed by atoms with van der Waals surface area (Å²) >= 11 is 0. The van der Waals surface area contributed by atoms with Crippen molar-refractivity contribution in [3.05, 3.63) is 65.6 Å². The van der Waals surface area contributed by atoms with Crippen molar-refractivity contribution < 1.29 is 18.9 Å². The van der Waals surface area contributed by atoms with E-state index in [1.165, 1.54) is 6.92 Å². The van der Waals surface area contributed by atoms with Crippen LogP contribution in [0.5, 0.6) is 0 Å². The minimum atomic E-state index is -0.371. The maximum Gasteiger partial charge on any atom is 0.344 e. The van der Waals surface area contributed by atoms with Crippen molar-refractivity contribution in [3.63, 3.8) is 0 Å². The molecule has 0 fully saturated rings. The normalized spacial score (nSPS) is 10.2. The summed E-state index contributed by atoms with van der Waals surface area (Å²) in [5, 5.41) is 0.926. The fraction of sp³-hybridized carbons (Fsp3) is 0.211. The summed E-state index contributed by atoms with van der Waals surface area (Å²) in [5.74, 6) is -0.345. The fourth-order valence-corrected chi connectivity index (χ4v) is 2.42. The standard InChI is InChI=1S/C18H16N2O3.CH4/c1-12(21)13-5-6-17-15(8-13)9-16(19-17)11-23-18(22)14-4-3-7-20(2)10-14;/h3-10H,11H2,1-2H3;1H4/p+1. The molecule has 0 aliphatic heterocycles. The van der Waals surface area contributed by atoms with Crippen LogP contribution in [0.3, 0.4) is 0 Å². The Bertz CT molecular complexity index is 897. The quantitative estimate of drug-likeness (QED) is 0.455. The Hall–Kier alpha value is -2.95. The summed E-state index contributed by atoms with van der Waals surface area (Å²) in [6, 6.07) is 10.9. The molecule has 3 rings (SSSR count). The second-order valence-corrected chi connectivity index (χ2v) is 5.49. The third-order valence-electron chi connectivity index (χ3n) is 3.62. The number of nitrogens with zero attached hydrogens (tertiary/aromatic N) is 1. The van der Waals surface area contributed by atoms with Crippen LogP contribution in [-0.4, -0.2) is 16.7 Å². The Morgan fingerprint density at radius 2 is 1.96 bits per heavy atom. The topological polar surface area (TPSA) is 63.0 Å². The van der Waals surface area contributed by atoms with Gasteiger partial charge in [-0.2, -0.15) is 0 Å². The molecule has 0 atom stereocenters. The number of hydrogen-bond acceptors (Lipinski definition) is 3. The van der Waals surface area contributed by atoms with Gasteiger partial charge in [0, 0.05) is 22.5 Å². The highest BCUT2D eigenvalue weighted by Crippen LogP contribution is 2.18. The number of aromatic amines is 1. The van der Waals surface area contributed by atoms with Crippen LogP contribution >= 0.6 is 0 Å². The number of fused-ring (bicyclic) bond motifs is 1. The number of rotatable bonds is 4. The number of Topliss-reactive ketones (excluding diaryl/α,β-unsaturated/α-hetero) is 1. The van der Waals surface area contributed by atoms with Crippen LogP contribution in [0.2, 0.25) is 0 Å². The van der Waals surface area contributed by atoms with Crippen molar-refractivity contribution in [2.24, 2.45) is 7.05 Å². The van der Waals surface area contributed by atoms with Crippen LogP contribution in [-0.2, 0) is 18.4 Å². The largest absolute Gasteiger partial charge is 0.456 e. The van der Waals surface area contributed by atoms with Gasteiger partial charge >= 0.3 is 5.97 Å². The predicted molar refractivity (Wildman–Crippen MR) is 91.8 cm³/mol. The minimum Gasteiger partial charge on any atom is -0.456 e. The van der Waals surface area contributed by atoms with Gasteiger partial charge in [-0.15, -0.1) is 0 Å². The zero-order valence-corrected chi connectivity index (χ0v) is 13.0. The number of ether oxygens (including phenoxy) is 1. The molecular formula is C19H21N2O3+. The molecule has 5 heteroatoms. The van der Waals surface area contributed by atoms with Gasteiger partial charge in [-0.05, 0) is 37.3 Å². The van der Waals surface area contributed by atoms with Crippen molar-refractivity contribution in [2.75, 3.05) is 0 Å². The van der Waals surface area contributed by atoms with Gasteiger partial charge in [-0.25, -0.2) is 9.36 Å². The number of H-pyrrole nitrogens is 1. The molecule has 2 aromatic heterocycles. The molecule has 0 bridgehead atoms. The van der Waals surface area contributed by atoms with Crippen LogP contribution < -0.4 is 4.57 Å². The first-order valence-electron chi connectivity index (χ1n) is 7.28. The van der Waals surface area contributed by atoms with Crippen LogP contribution in [0, 0.1) is 0 Å². The van der Waals surface area contributed by atoms with Gasteiger partial charge in [0.25, 0.3) is 0 Å². The molecule has 0 amide bonds. The molecule has 3 aromatic rings. The smallest absolute Gasteiger partial charge is 0.344 e. The van der Waals surface area contributed by atoms with E-state index in [1.807, 2.05) is 31.4 Å². The SMILES string of the molecule is C.CC(=O)c1ccc2[nH]c(COC(=O)c3ccc[n+](C)c3)cc2c1. The number of carbonyl (C=O) groups excluding carboxylic acids is 2. The van der Waals surface area contributed by atoms with Gasteiger partial charge in [0.05, 0.1) is 5.69 Å². The Morgan fingerprint density at radius 3 is 2.67 bits per heavy atom. The van der Waals surface area contributed by atoms with Gasteiger partial charge in [-0.3, -0.25) is 4.79 Å². The molecule has 0 aliphatic carbocycles. The molecule has 0 radical (unpaired) electrons. The van der Waals surface area contributed by atoms with E-state index < -0.39 is 0 Å². The van der Waals surface area contributed by atoms with Crippen molar-refractivity contribution in [1.29, 1.82) is 0 Å². The van der Waals surface area contributed by atoms with E-state index >= 15 is 0 Å². The maximum atomic E-state index is 12.0. The molecular weight excluding hydrogens is 304 g/mol. The summed E-state index contributed by atoms with van der Waals surface area (Å²) in [6.45, 7) is 1.69. The molecule has 0 spiro atoms. The van der Waals surface area contributed by atoms with E-state index in [-0.39, 0.29) is 25.8 Å². The second kappa shape index (κ2) is 7.08. The van der Waals surface area contributed by atoms with Gasteiger partial charge in [0.1, 0.15) is 19.2 Å². The Balaban J connectivity index is 0.00000208. The number of aromatic nitrogens is 2. The van der Waals surface area contributed by atoms with E-state index in [1.54, 1.807) is 29.0 Å². The monoisotopic (exact) mass is 325 g/mol. The summed E-state index contributed by atoms with van der Waals surface area (Å²) in [6.07, 6.45) is 3.56. The molecule has 1 aromatic carbocycles. The number of aryl methyl sites for hydroxylation is 1. The zero-order chi connectivity index (χ0) is 16.4. The van der Waals surface area contributed by atoms with E-state index in [4.69, 9.17) is 4.74 Å². The second-order valence-electron chi connectivity index (χ2n) is 5.49. The lowest BCUT2D eigenvalue weighted by Gasteiger charge is -2.02. The first kappa shape index (κ1) is 17.4. The highest BCUT2D eigenvalue weighted by atomic mass is 16.5. The zero-order valence-electron chi connectivity index (χ0n) is 13.0. The van der Waals surface area contributed by atoms with E-state index in [2.05, 4.69) is 4.98 Å². The molecule has 0 unspecified atom stereocenters. The van der Waals surface area contributed by atoms with Crippen molar-refractivity contribution >= 4 is 22.7 Å². The van der Waals surface area contributed by atoms with Gasteiger partial charge in [0.2, 0.25) is 0 Å². The molecule has 124 valence electrons. The average molecular weight is 325 g/mol. The third kappa shape index (κ3) is 3.68. The minimum absolute atomic E-state index is 0. The van der Waals surface area contributed by atoms with E-state index in [9.17, 15) is 9.59 Å². The number of nitrogens with one attached hydrogen (secondary N) is 1. The van der Waals surface area contributed by atoms with Crippen molar-refractivity contribution in [3.8, 4) is 0 Å². The molecule has 5 nitrogen and oxygen atoms in total. The van der Waals surface area contributed by atoms with Crippen molar-refractivity contribution in [1.82, 2.24) is 4.98 Å². The highest BCUT2D eigenvalue weighted by Gasteiger charge is 2.12. The number of hydrogen-bond donors (Lipinski definition) is 1. The van der Waals surface area contributed by atoms with Gasteiger partial charge < -0.3 is 9.72 Å². The number of carbonyl (C=O) groups is 2. The summed E-state index contributed by atoms with van der Waals surface area (Å²) in [5.41, 5.74) is 2.86. The molecule has 0 aliphatic rings. The number of ketones is 1. The lowest BCUT2D eigenvalue weighted by molar-refractivity contribution is -0.671. The Morgan fingerprint density at radius 1 is 1.17 bits per heavy atom. The molecule has 0 saturated heterocycles. The maximum absolute atomic E-state index is 12.0. The summed E-state index contributed by atoms with van der Waals surface area (Å²) < 4.78 is 7.12. The molecule has 24 heavy (non-hydrogen) atoms. The van der Waals surface area contributed by atoms with Gasteiger partial charge in [0.15, 0.2) is 18.2 Å². The average Bonchev–Trinajstić information content (AvgIpc) is 2.94. The lowest BCUT2D eigenvalue weighted by atomic mass is 10.1. The highest BCUT2D eigenvalue weighted by molar-refractivity contribution is 5.98. The Kier molecular flexibility index (Phi) is 5.14.